The van der Waals surface area contributed by atoms with Gasteiger partial charge in [-0.25, -0.2) is 4.98 Å². The zero-order valence-electron chi connectivity index (χ0n) is 11.7. The van der Waals surface area contributed by atoms with Crippen molar-refractivity contribution in [1.82, 2.24) is 20.2 Å². The molecule has 5 nitrogen and oxygen atoms in total. The van der Waals surface area contributed by atoms with Gasteiger partial charge in [0.15, 0.2) is 5.82 Å². The van der Waals surface area contributed by atoms with Crippen LogP contribution in [0.2, 0.25) is 0 Å². The Morgan fingerprint density at radius 1 is 1.32 bits per heavy atom. The molecule has 2 rings (SSSR count). The summed E-state index contributed by atoms with van der Waals surface area (Å²) in [4.78, 5) is 8.82. The molecule has 0 fully saturated rings. The second-order valence-corrected chi connectivity index (χ2v) is 4.71. The Labute approximate surface area is 113 Å². The van der Waals surface area contributed by atoms with Gasteiger partial charge >= 0.3 is 0 Å². The van der Waals surface area contributed by atoms with E-state index in [-0.39, 0.29) is 0 Å². The summed E-state index contributed by atoms with van der Waals surface area (Å²) < 4.78 is 0. The van der Waals surface area contributed by atoms with Crippen molar-refractivity contribution in [2.24, 2.45) is 0 Å². The summed E-state index contributed by atoms with van der Waals surface area (Å²) in [6, 6.07) is 1.99. The predicted molar refractivity (Wildman–Crippen MR) is 77.4 cm³/mol. The van der Waals surface area contributed by atoms with E-state index in [1.54, 1.807) is 6.20 Å². The maximum atomic E-state index is 4.46. The van der Waals surface area contributed by atoms with Gasteiger partial charge in [0.25, 0.3) is 0 Å². The fraction of sp³-hybridized carbons (Fsp3) is 0.357. The number of hydrogen-bond acceptors (Lipinski definition) is 4. The van der Waals surface area contributed by atoms with E-state index in [1.165, 1.54) is 0 Å². The molecule has 2 aromatic rings. The maximum Gasteiger partial charge on any atom is 0.153 e. The first-order valence-corrected chi connectivity index (χ1v) is 6.38. The zero-order valence-corrected chi connectivity index (χ0v) is 11.7. The molecule has 0 spiro atoms. The van der Waals surface area contributed by atoms with Crippen LogP contribution in [-0.4, -0.2) is 20.2 Å². The summed E-state index contributed by atoms with van der Waals surface area (Å²) >= 11 is 0. The third-order valence-electron chi connectivity index (χ3n) is 2.79. The van der Waals surface area contributed by atoms with Gasteiger partial charge in [-0.3, -0.25) is 10.1 Å². The van der Waals surface area contributed by atoms with Gasteiger partial charge < -0.3 is 5.32 Å². The van der Waals surface area contributed by atoms with Crippen molar-refractivity contribution < 1.29 is 0 Å². The topological polar surface area (TPSA) is 66.5 Å². The molecule has 2 aromatic heterocycles. The highest BCUT2D eigenvalue weighted by Crippen LogP contribution is 2.18. The van der Waals surface area contributed by atoms with Crippen LogP contribution >= 0.6 is 0 Å². The molecule has 0 aliphatic carbocycles. The number of H-pyrrole nitrogens is 1. The lowest BCUT2D eigenvalue weighted by Gasteiger charge is -2.04. The molecule has 0 bridgehead atoms. The maximum absolute atomic E-state index is 4.46. The summed E-state index contributed by atoms with van der Waals surface area (Å²) in [5.41, 5.74) is 2.87. The summed E-state index contributed by atoms with van der Waals surface area (Å²) in [5, 5.41) is 10.4. The Morgan fingerprint density at radius 3 is 2.68 bits per heavy atom. The molecule has 2 heterocycles. The lowest BCUT2D eigenvalue weighted by atomic mass is 10.1. The molecule has 0 aliphatic heterocycles. The first-order chi connectivity index (χ1) is 9.10. The van der Waals surface area contributed by atoms with E-state index in [9.17, 15) is 0 Å². The van der Waals surface area contributed by atoms with Crippen molar-refractivity contribution in [2.45, 2.75) is 33.6 Å². The van der Waals surface area contributed by atoms with Crippen LogP contribution in [0.1, 0.15) is 43.8 Å². The van der Waals surface area contributed by atoms with Crippen LogP contribution in [0.15, 0.2) is 18.3 Å². The molecule has 0 saturated heterocycles. The Morgan fingerprint density at radius 2 is 2.11 bits per heavy atom. The van der Waals surface area contributed by atoms with Crippen LogP contribution < -0.4 is 5.32 Å². The molecular formula is C14H19N5. The SMILES string of the molecule is C/C=C\c1ncc(Nc2cc(C(C)C)[nH]n2)nc1C. The Balaban J connectivity index is 2.16. The number of rotatable bonds is 4. The van der Waals surface area contributed by atoms with Crippen molar-refractivity contribution in [1.29, 1.82) is 0 Å². The standard InChI is InChI=1S/C14H19N5/c1-5-6-11-10(4)16-14(8-15-11)17-13-7-12(9(2)3)18-19-13/h5-9H,1-4H3,(H2,16,17,18,19)/b6-5-. The summed E-state index contributed by atoms with van der Waals surface area (Å²) in [6.07, 6.45) is 5.61. The van der Waals surface area contributed by atoms with Crippen molar-refractivity contribution in [3.05, 3.63) is 35.4 Å². The number of nitrogens with zero attached hydrogens (tertiary/aromatic N) is 3. The van der Waals surface area contributed by atoms with Crippen LogP contribution in [0, 0.1) is 6.92 Å². The van der Waals surface area contributed by atoms with E-state index < -0.39 is 0 Å². The van der Waals surface area contributed by atoms with Gasteiger partial charge in [-0.05, 0) is 25.8 Å². The monoisotopic (exact) mass is 257 g/mol. The van der Waals surface area contributed by atoms with Crippen molar-refractivity contribution in [2.75, 3.05) is 5.32 Å². The van der Waals surface area contributed by atoms with Crippen LogP contribution in [0.5, 0.6) is 0 Å². The van der Waals surface area contributed by atoms with Crippen molar-refractivity contribution in [3.8, 4) is 0 Å². The fourth-order valence-corrected chi connectivity index (χ4v) is 1.70. The number of allylic oxidation sites excluding steroid dienone is 1. The van der Waals surface area contributed by atoms with Gasteiger partial charge in [0.2, 0.25) is 0 Å². The molecule has 19 heavy (non-hydrogen) atoms. The molecular weight excluding hydrogens is 238 g/mol. The van der Waals surface area contributed by atoms with E-state index in [0.29, 0.717) is 11.7 Å². The zero-order chi connectivity index (χ0) is 13.8. The molecule has 0 atom stereocenters. The third kappa shape index (κ3) is 3.19. The van der Waals surface area contributed by atoms with Gasteiger partial charge in [0, 0.05) is 11.8 Å². The molecule has 2 N–H and O–H groups in total. The summed E-state index contributed by atoms with van der Waals surface area (Å²) in [7, 11) is 0. The molecule has 5 heteroatoms. The van der Waals surface area contributed by atoms with Gasteiger partial charge in [-0.2, -0.15) is 5.10 Å². The number of hydrogen-bond donors (Lipinski definition) is 2. The molecule has 0 aliphatic rings. The fourth-order valence-electron chi connectivity index (χ4n) is 1.70. The smallest absolute Gasteiger partial charge is 0.153 e. The van der Waals surface area contributed by atoms with Gasteiger partial charge in [0.05, 0.1) is 17.6 Å². The highest BCUT2D eigenvalue weighted by Gasteiger charge is 2.06. The average Bonchev–Trinajstić information content (AvgIpc) is 2.81. The van der Waals surface area contributed by atoms with Crippen LogP contribution in [0.3, 0.4) is 0 Å². The lowest BCUT2D eigenvalue weighted by molar-refractivity contribution is 0.811. The van der Waals surface area contributed by atoms with Crippen LogP contribution in [-0.2, 0) is 0 Å². The molecule has 0 amide bonds. The Kier molecular flexibility index (Phi) is 3.94. The van der Waals surface area contributed by atoms with E-state index in [0.717, 1.165) is 22.9 Å². The highest BCUT2D eigenvalue weighted by molar-refractivity contribution is 5.54. The molecule has 0 aromatic carbocycles. The van der Waals surface area contributed by atoms with Crippen LogP contribution in [0.25, 0.3) is 6.08 Å². The largest absolute Gasteiger partial charge is 0.322 e. The average molecular weight is 257 g/mol. The second-order valence-electron chi connectivity index (χ2n) is 4.71. The lowest BCUT2D eigenvalue weighted by Crippen LogP contribution is -1.99. The molecule has 0 saturated carbocycles. The van der Waals surface area contributed by atoms with Crippen molar-refractivity contribution >= 4 is 17.7 Å². The Bertz CT molecular complexity index is 583. The quantitative estimate of drug-likeness (QED) is 0.880. The normalized spacial score (nSPS) is 11.4. The number of aromatic nitrogens is 4. The minimum atomic E-state index is 0.424. The first-order valence-electron chi connectivity index (χ1n) is 6.38. The van der Waals surface area contributed by atoms with E-state index in [2.05, 4.69) is 39.3 Å². The van der Waals surface area contributed by atoms with Gasteiger partial charge in [0.1, 0.15) is 5.82 Å². The minimum Gasteiger partial charge on any atom is -0.322 e. The highest BCUT2D eigenvalue weighted by atomic mass is 15.2. The summed E-state index contributed by atoms with van der Waals surface area (Å²) in [6.45, 7) is 8.14. The van der Waals surface area contributed by atoms with Crippen LogP contribution in [0.4, 0.5) is 11.6 Å². The van der Waals surface area contributed by atoms with E-state index >= 15 is 0 Å². The van der Waals surface area contributed by atoms with Gasteiger partial charge in [-0.1, -0.05) is 19.9 Å². The Hall–Kier alpha value is -2.17. The number of aryl methyl sites for hydroxylation is 1. The van der Waals surface area contributed by atoms with E-state index in [1.807, 2.05) is 32.1 Å². The van der Waals surface area contributed by atoms with Gasteiger partial charge in [-0.15, -0.1) is 0 Å². The number of nitrogens with one attached hydrogen (secondary N) is 2. The number of aromatic amines is 1. The third-order valence-corrected chi connectivity index (χ3v) is 2.79. The van der Waals surface area contributed by atoms with E-state index in [4.69, 9.17) is 0 Å². The first kappa shape index (κ1) is 13.3. The molecule has 100 valence electrons. The minimum absolute atomic E-state index is 0.424. The molecule has 0 radical (unpaired) electrons. The predicted octanol–water partition coefficient (Wildman–Crippen LogP) is 3.41. The summed E-state index contributed by atoms with van der Waals surface area (Å²) in [5.74, 6) is 1.89. The number of anilines is 2. The van der Waals surface area contributed by atoms with Crippen molar-refractivity contribution in [3.63, 3.8) is 0 Å². The second kappa shape index (κ2) is 5.65. The molecule has 0 unspecified atom stereocenters.